The second kappa shape index (κ2) is 2.55. The van der Waals surface area contributed by atoms with Crippen LogP contribution in [0.25, 0.3) is 11.0 Å². The van der Waals surface area contributed by atoms with Crippen LogP contribution in [0.1, 0.15) is 5.56 Å². The molecule has 0 radical (unpaired) electrons. The third-order valence-electron chi connectivity index (χ3n) is 1.88. The summed E-state index contributed by atoms with van der Waals surface area (Å²) in [6.07, 6.45) is 1.67. The van der Waals surface area contributed by atoms with Crippen molar-refractivity contribution in [2.75, 3.05) is 7.11 Å². The van der Waals surface area contributed by atoms with Crippen LogP contribution in [-0.4, -0.2) is 7.11 Å². The van der Waals surface area contributed by atoms with Crippen molar-refractivity contribution >= 4 is 11.0 Å². The minimum absolute atomic E-state index is 0.801. The highest BCUT2D eigenvalue weighted by Gasteiger charge is 2.04. The average molecular weight is 162 g/mol. The molecule has 1 aromatic heterocycles. The fourth-order valence-corrected chi connectivity index (χ4v) is 1.34. The molecule has 0 fully saturated rings. The summed E-state index contributed by atoms with van der Waals surface area (Å²) in [5, 5.41) is 1.09. The number of aryl methyl sites for hydroxylation is 1. The number of hydrogen-bond acceptors (Lipinski definition) is 2. The van der Waals surface area contributed by atoms with E-state index in [-0.39, 0.29) is 0 Å². The molecule has 1 aromatic carbocycles. The summed E-state index contributed by atoms with van der Waals surface area (Å²) in [5.74, 6) is 0.801. The van der Waals surface area contributed by atoms with Crippen LogP contribution in [0, 0.1) is 6.92 Å². The van der Waals surface area contributed by atoms with Crippen molar-refractivity contribution < 1.29 is 9.15 Å². The van der Waals surface area contributed by atoms with E-state index in [0.29, 0.717) is 0 Å². The van der Waals surface area contributed by atoms with E-state index in [9.17, 15) is 0 Å². The monoisotopic (exact) mass is 162 g/mol. The van der Waals surface area contributed by atoms with Crippen LogP contribution in [0.2, 0.25) is 0 Å². The highest BCUT2D eigenvalue weighted by atomic mass is 16.5. The Morgan fingerprint density at radius 2 is 2.17 bits per heavy atom. The molecular weight excluding hydrogens is 152 g/mol. The molecule has 0 saturated carbocycles. The molecule has 0 aliphatic rings. The summed E-state index contributed by atoms with van der Waals surface area (Å²) in [5.41, 5.74) is 2.00. The van der Waals surface area contributed by atoms with Gasteiger partial charge in [-0.05, 0) is 30.7 Å². The van der Waals surface area contributed by atoms with E-state index in [1.165, 1.54) is 5.56 Å². The Hall–Kier alpha value is -1.44. The molecule has 0 atom stereocenters. The van der Waals surface area contributed by atoms with Gasteiger partial charge in [-0.15, -0.1) is 0 Å². The van der Waals surface area contributed by atoms with Crippen LogP contribution in [0.15, 0.2) is 28.9 Å². The molecule has 2 heteroatoms. The average Bonchev–Trinajstić information content (AvgIpc) is 2.50. The first-order chi connectivity index (χ1) is 5.81. The van der Waals surface area contributed by atoms with Crippen LogP contribution in [0.4, 0.5) is 0 Å². The normalized spacial score (nSPS) is 10.5. The number of furan rings is 1. The van der Waals surface area contributed by atoms with Gasteiger partial charge in [-0.25, -0.2) is 0 Å². The SMILES string of the molecule is COc1cc(C)cc2ccoc12. The summed E-state index contributed by atoms with van der Waals surface area (Å²) in [6, 6.07) is 5.97. The second-order valence-corrected chi connectivity index (χ2v) is 2.81. The number of fused-ring (bicyclic) bond motifs is 1. The molecule has 12 heavy (non-hydrogen) atoms. The Morgan fingerprint density at radius 1 is 1.33 bits per heavy atom. The Kier molecular flexibility index (Phi) is 1.54. The molecule has 2 rings (SSSR count). The zero-order chi connectivity index (χ0) is 8.55. The van der Waals surface area contributed by atoms with Crippen LogP contribution in [-0.2, 0) is 0 Å². The molecular formula is C10H10O2. The van der Waals surface area contributed by atoms with E-state index in [1.807, 2.05) is 19.1 Å². The van der Waals surface area contributed by atoms with E-state index >= 15 is 0 Å². The maximum Gasteiger partial charge on any atom is 0.175 e. The van der Waals surface area contributed by atoms with Gasteiger partial charge in [0.05, 0.1) is 13.4 Å². The summed E-state index contributed by atoms with van der Waals surface area (Å²) in [7, 11) is 1.65. The predicted octanol–water partition coefficient (Wildman–Crippen LogP) is 2.75. The summed E-state index contributed by atoms with van der Waals surface area (Å²) >= 11 is 0. The summed E-state index contributed by atoms with van der Waals surface area (Å²) < 4.78 is 10.4. The highest BCUT2D eigenvalue weighted by Crippen LogP contribution is 2.27. The second-order valence-electron chi connectivity index (χ2n) is 2.81. The first kappa shape index (κ1) is 7.22. The van der Waals surface area contributed by atoms with E-state index in [4.69, 9.17) is 9.15 Å². The Labute approximate surface area is 70.8 Å². The number of rotatable bonds is 1. The molecule has 0 aliphatic carbocycles. The fourth-order valence-electron chi connectivity index (χ4n) is 1.34. The quantitative estimate of drug-likeness (QED) is 0.643. The molecule has 0 saturated heterocycles. The van der Waals surface area contributed by atoms with Crippen LogP contribution in [0.3, 0.4) is 0 Å². The molecule has 0 aliphatic heterocycles. The van der Waals surface area contributed by atoms with Gasteiger partial charge in [0.25, 0.3) is 0 Å². The zero-order valence-electron chi connectivity index (χ0n) is 7.13. The number of ether oxygens (including phenoxy) is 1. The standard InChI is InChI=1S/C10H10O2/c1-7-5-8-3-4-12-10(8)9(6-7)11-2/h3-6H,1-2H3. The molecule has 0 bridgehead atoms. The molecule has 0 N–H and O–H groups in total. The van der Waals surface area contributed by atoms with E-state index in [1.54, 1.807) is 13.4 Å². The maximum absolute atomic E-state index is 5.27. The number of benzene rings is 1. The number of hydrogen-bond donors (Lipinski definition) is 0. The van der Waals surface area contributed by atoms with Crippen molar-refractivity contribution in [1.82, 2.24) is 0 Å². The van der Waals surface area contributed by atoms with Gasteiger partial charge in [0.2, 0.25) is 0 Å². The molecule has 62 valence electrons. The van der Waals surface area contributed by atoms with Gasteiger partial charge < -0.3 is 9.15 Å². The molecule has 0 amide bonds. The highest BCUT2D eigenvalue weighted by molar-refractivity contribution is 5.83. The summed E-state index contributed by atoms with van der Waals surface area (Å²) in [4.78, 5) is 0. The molecule has 1 heterocycles. The lowest BCUT2D eigenvalue weighted by Gasteiger charge is -2.01. The Bertz CT molecular complexity index is 401. The van der Waals surface area contributed by atoms with Gasteiger partial charge in [0, 0.05) is 5.39 Å². The van der Waals surface area contributed by atoms with Gasteiger partial charge in [-0.2, -0.15) is 0 Å². The van der Waals surface area contributed by atoms with Gasteiger partial charge in [-0.1, -0.05) is 0 Å². The van der Waals surface area contributed by atoms with E-state index < -0.39 is 0 Å². The van der Waals surface area contributed by atoms with Crippen molar-refractivity contribution in [3.05, 3.63) is 30.0 Å². The van der Waals surface area contributed by atoms with Crippen LogP contribution in [0.5, 0.6) is 5.75 Å². The fraction of sp³-hybridized carbons (Fsp3) is 0.200. The number of methoxy groups -OCH3 is 1. The predicted molar refractivity (Wildman–Crippen MR) is 47.5 cm³/mol. The topological polar surface area (TPSA) is 22.4 Å². The third kappa shape index (κ3) is 0.961. The Balaban J connectivity index is 2.80. The van der Waals surface area contributed by atoms with E-state index in [0.717, 1.165) is 16.7 Å². The van der Waals surface area contributed by atoms with Gasteiger partial charge in [0.15, 0.2) is 11.3 Å². The van der Waals surface area contributed by atoms with Crippen LogP contribution < -0.4 is 4.74 Å². The first-order valence-electron chi connectivity index (χ1n) is 3.83. The smallest absolute Gasteiger partial charge is 0.175 e. The molecule has 2 aromatic rings. The van der Waals surface area contributed by atoms with Crippen LogP contribution >= 0.6 is 0 Å². The zero-order valence-corrected chi connectivity index (χ0v) is 7.13. The van der Waals surface area contributed by atoms with Crippen molar-refractivity contribution in [2.24, 2.45) is 0 Å². The lowest BCUT2D eigenvalue weighted by atomic mass is 10.2. The largest absolute Gasteiger partial charge is 0.493 e. The molecule has 0 unspecified atom stereocenters. The van der Waals surface area contributed by atoms with E-state index in [2.05, 4.69) is 6.07 Å². The maximum atomic E-state index is 5.27. The molecule has 2 nitrogen and oxygen atoms in total. The van der Waals surface area contributed by atoms with Crippen molar-refractivity contribution in [3.63, 3.8) is 0 Å². The lowest BCUT2D eigenvalue weighted by Crippen LogP contribution is -1.83. The van der Waals surface area contributed by atoms with Gasteiger partial charge >= 0.3 is 0 Å². The minimum atomic E-state index is 0.801. The van der Waals surface area contributed by atoms with Gasteiger partial charge in [0.1, 0.15) is 0 Å². The molecule has 0 spiro atoms. The minimum Gasteiger partial charge on any atom is -0.493 e. The Morgan fingerprint density at radius 3 is 2.92 bits per heavy atom. The van der Waals surface area contributed by atoms with Crippen molar-refractivity contribution in [2.45, 2.75) is 6.92 Å². The van der Waals surface area contributed by atoms with Crippen molar-refractivity contribution in [1.29, 1.82) is 0 Å². The first-order valence-corrected chi connectivity index (χ1v) is 3.83. The summed E-state index contributed by atoms with van der Waals surface area (Å²) in [6.45, 7) is 2.04. The van der Waals surface area contributed by atoms with Crippen molar-refractivity contribution in [3.8, 4) is 5.75 Å². The lowest BCUT2D eigenvalue weighted by molar-refractivity contribution is 0.410. The van der Waals surface area contributed by atoms with Gasteiger partial charge in [-0.3, -0.25) is 0 Å². The third-order valence-corrected chi connectivity index (χ3v) is 1.88.